The molecule has 1 atom stereocenters. The molecule has 9 heteroatoms. The van der Waals surface area contributed by atoms with E-state index in [4.69, 9.17) is 15.2 Å². The van der Waals surface area contributed by atoms with Crippen LogP contribution in [0.2, 0.25) is 0 Å². The van der Waals surface area contributed by atoms with Crippen molar-refractivity contribution in [3.05, 3.63) is 71.7 Å². The number of amides is 1. The third-order valence-corrected chi connectivity index (χ3v) is 5.32. The summed E-state index contributed by atoms with van der Waals surface area (Å²) in [6.45, 7) is 3.42. The van der Waals surface area contributed by atoms with Crippen molar-refractivity contribution < 1.29 is 14.3 Å². The molecule has 3 aromatic rings. The maximum atomic E-state index is 11.4. The normalized spacial score (nSPS) is 16.7. The molecule has 1 unspecified atom stereocenters. The predicted octanol–water partition coefficient (Wildman–Crippen LogP) is 1.79. The van der Waals surface area contributed by atoms with Crippen molar-refractivity contribution in [1.29, 1.82) is 0 Å². The van der Waals surface area contributed by atoms with E-state index in [0.29, 0.717) is 31.7 Å². The van der Waals surface area contributed by atoms with Crippen LogP contribution < -0.4 is 5.73 Å². The molecule has 2 aromatic heterocycles. The molecule has 0 bridgehead atoms. The van der Waals surface area contributed by atoms with Crippen LogP contribution in [0.25, 0.3) is 11.3 Å². The zero-order valence-corrected chi connectivity index (χ0v) is 18.0. The summed E-state index contributed by atoms with van der Waals surface area (Å²) in [5, 5.41) is 0. The van der Waals surface area contributed by atoms with Crippen molar-refractivity contribution in [2.45, 2.75) is 19.1 Å². The van der Waals surface area contributed by atoms with Gasteiger partial charge in [-0.3, -0.25) is 19.7 Å². The Labute approximate surface area is 186 Å². The minimum atomic E-state index is -0.460. The maximum Gasteiger partial charge on any atom is 0.248 e. The Hall–Kier alpha value is -3.27. The molecule has 32 heavy (non-hydrogen) atoms. The molecule has 1 aliphatic heterocycles. The van der Waals surface area contributed by atoms with Gasteiger partial charge < -0.3 is 15.2 Å². The van der Waals surface area contributed by atoms with E-state index in [-0.39, 0.29) is 6.10 Å². The van der Waals surface area contributed by atoms with Crippen LogP contribution in [0.15, 0.2) is 49.1 Å². The van der Waals surface area contributed by atoms with E-state index >= 15 is 0 Å². The molecule has 0 saturated carbocycles. The Morgan fingerprint density at radius 1 is 1.16 bits per heavy atom. The van der Waals surface area contributed by atoms with Crippen LogP contribution in [0.3, 0.4) is 0 Å². The molecule has 0 aliphatic carbocycles. The monoisotopic (exact) mass is 434 g/mol. The molecule has 166 valence electrons. The third kappa shape index (κ3) is 5.31. The first-order valence-electron chi connectivity index (χ1n) is 10.5. The Bertz CT molecular complexity index is 1040. The highest BCUT2D eigenvalue weighted by Crippen LogP contribution is 2.29. The van der Waals surface area contributed by atoms with Crippen LogP contribution in [0, 0.1) is 0 Å². The fourth-order valence-corrected chi connectivity index (χ4v) is 3.65. The lowest BCUT2D eigenvalue weighted by Gasteiger charge is -2.33. The van der Waals surface area contributed by atoms with Crippen molar-refractivity contribution >= 4 is 5.91 Å². The van der Waals surface area contributed by atoms with E-state index in [1.807, 2.05) is 24.5 Å². The first-order chi connectivity index (χ1) is 15.6. The molecule has 1 fully saturated rings. The summed E-state index contributed by atoms with van der Waals surface area (Å²) >= 11 is 0. The van der Waals surface area contributed by atoms with Gasteiger partial charge in [-0.05, 0) is 12.1 Å². The number of hydrogen-bond acceptors (Lipinski definition) is 8. The largest absolute Gasteiger partial charge is 0.384 e. The number of benzene rings is 1. The number of morpholine rings is 1. The zero-order chi connectivity index (χ0) is 22.3. The first-order valence-corrected chi connectivity index (χ1v) is 10.5. The Morgan fingerprint density at radius 3 is 2.62 bits per heavy atom. The van der Waals surface area contributed by atoms with Gasteiger partial charge in [-0.15, -0.1) is 0 Å². The van der Waals surface area contributed by atoms with Crippen LogP contribution >= 0.6 is 0 Å². The third-order valence-electron chi connectivity index (χ3n) is 5.32. The summed E-state index contributed by atoms with van der Waals surface area (Å²) < 4.78 is 11.1. The van der Waals surface area contributed by atoms with Gasteiger partial charge in [0.25, 0.3) is 0 Å². The molecule has 0 spiro atoms. The van der Waals surface area contributed by atoms with Crippen molar-refractivity contribution in [3.63, 3.8) is 0 Å². The van der Waals surface area contributed by atoms with Crippen LogP contribution in [-0.2, 0) is 22.4 Å². The summed E-state index contributed by atoms with van der Waals surface area (Å²) in [4.78, 5) is 31.6. The SMILES string of the molecule is COCCc1ncc(CN2CCOC(c3nccnc3-c3ccc(C(N)=O)cc3)C2)cn1. The molecular weight excluding hydrogens is 408 g/mol. The van der Waals surface area contributed by atoms with Crippen molar-refractivity contribution in [2.24, 2.45) is 5.73 Å². The van der Waals surface area contributed by atoms with Crippen LogP contribution in [0.1, 0.15) is 33.5 Å². The van der Waals surface area contributed by atoms with Gasteiger partial charge in [-0.2, -0.15) is 0 Å². The van der Waals surface area contributed by atoms with Crippen LogP contribution in [-0.4, -0.2) is 64.2 Å². The molecule has 1 aromatic carbocycles. The second kappa shape index (κ2) is 10.4. The highest BCUT2D eigenvalue weighted by atomic mass is 16.5. The molecule has 3 heterocycles. The quantitative estimate of drug-likeness (QED) is 0.570. The summed E-state index contributed by atoms with van der Waals surface area (Å²) in [6, 6.07) is 7.05. The summed E-state index contributed by atoms with van der Waals surface area (Å²) in [5.41, 5.74) is 9.22. The number of carbonyl (C=O) groups excluding carboxylic acids is 1. The molecule has 0 radical (unpaired) electrons. The number of aromatic nitrogens is 4. The minimum absolute atomic E-state index is 0.217. The smallest absolute Gasteiger partial charge is 0.248 e. The van der Waals surface area contributed by atoms with Gasteiger partial charge in [-0.1, -0.05) is 12.1 Å². The molecule has 4 rings (SSSR count). The lowest BCUT2D eigenvalue weighted by atomic mass is 10.0. The van der Waals surface area contributed by atoms with E-state index < -0.39 is 5.91 Å². The Kier molecular flexibility index (Phi) is 7.10. The fourth-order valence-electron chi connectivity index (χ4n) is 3.65. The lowest BCUT2D eigenvalue weighted by Crippen LogP contribution is -2.38. The summed E-state index contributed by atoms with van der Waals surface area (Å²) in [7, 11) is 1.67. The highest BCUT2D eigenvalue weighted by molar-refractivity contribution is 5.93. The Morgan fingerprint density at radius 2 is 1.91 bits per heavy atom. The average molecular weight is 435 g/mol. The highest BCUT2D eigenvalue weighted by Gasteiger charge is 2.26. The average Bonchev–Trinajstić information content (AvgIpc) is 2.84. The van der Waals surface area contributed by atoms with E-state index in [2.05, 4.69) is 24.8 Å². The van der Waals surface area contributed by atoms with Gasteiger partial charge in [0, 0.05) is 74.6 Å². The minimum Gasteiger partial charge on any atom is -0.384 e. The van der Waals surface area contributed by atoms with E-state index in [0.717, 1.165) is 41.4 Å². The standard InChI is InChI=1S/C23H26N6O3/c1-31-10-6-20-27-12-16(13-28-20)14-29-9-11-32-19(15-29)22-21(25-7-8-26-22)17-2-4-18(5-3-17)23(24)30/h2-5,7-8,12-13,19H,6,9-11,14-15H2,1H3,(H2,24,30). The maximum absolute atomic E-state index is 11.4. The number of carbonyl (C=O) groups is 1. The predicted molar refractivity (Wildman–Crippen MR) is 118 cm³/mol. The second-order valence-corrected chi connectivity index (χ2v) is 7.58. The molecule has 9 nitrogen and oxygen atoms in total. The van der Waals surface area contributed by atoms with E-state index in [9.17, 15) is 4.79 Å². The molecule has 1 aliphatic rings. The summed E-state index contributed by atoms with van der Waals surface area (Å²) in [5.74, 6) is 0.319. The Balaban J connectivity index is 1.47. The number of primary amides is 1. The van der Waals surface area contributed by atoms with E-state index in [1.165, 1.54) is 0 Å². The van der Waals surface area contributed by atoms with Crippen molar-refractivity contribution in [3.8, 4) is 11.3 Å². The van der Waals surface area contributed by atoms with Gasteiger partial charge in [-0.25, -0.2) is 9.97 Å². The number of rotatable bonds is 8. The van der Waals surface area contributed by atoms with Gasteiger partial charge in [0.05, 0.1) is 24.6 Å². The van der Waals surface area contributed by atoms with Crippen LogP contribution in [0.4, 0.5) is 0 Å². The lowest BCUT2D eigenvalue weighted by molar-refractivity contribution is -0.0349. The number of nitrogens with two attached hydrogens (primary N) is 1. The van der Waals surface area contributed by atoms with E-state index in [1.54, 1.807) is 31.6 Å². The molecule has 1 saturated heterocycles. The van der Waals surface area contributed by atoms with Gasteiger partial charge in [0.15, 0.2) is 0 Å². The number of nitrogens with zero attached hydrogens (tertiary/aromatic N) is 5. The fraction of sp³-hybridized carbons (Fsp3) is 0.348. The zero-order valence-electron chi connectivity index (χ0n) is 18.0. The van der Waals surface area contributed by atoms with Gasteiger partial charge in [0.1, 0.15) is 11.9 Å². The number of methoxy groups -OCH3 is 1. The first kappa shape index (κ1) is 21.9. The molecular formula is C23H26N6O3. The number of hydrogen-bond donors (Lipinski definition) is 1. The molecule has 1 amide bonds. The molecule has 2 N–H and O–H groups in total. The number of ether oxygens (including phenoxy) is 2. The van der Waals surface area contributed by atoms with Gasteiger partial charge in [0.2, 0.25) is 5.91 Å². The van der Waals surface area contributed by atoms with Crippen molar-refractivity contribution in [1.82, 2.24) is 24.8 Å². The summed E-state index contributed by atoms with van der Waals surface area (Å²) in [6.07, 6.45) is 7.56. The topological polar surface area (TPSA) is 116 Å². The van der Waals surface area contributed by atoms with Crippen molar-refractivity contribution in [2.75, 3.05) is 33.4 Å². The second-order valence-electron chi connectivity index (χ2n) is 7.58. The van der Waals surface area contributed by atoms with Crippen LogP contribution in [0.5, 0.6) is 0 Å². The van der Waals surface area contributed by atoms with Gasteiger partial charge >= 0.3 is 0 Å².